The van der Waals surface area contributed by atoms with Crippen LogP contribution in [0.4, 0.5) is 0 Å². The molecule has 4 heteroatoms. The van der Waals surface area contributed by atoms with Crippen molar-refractivity contribution in [2.24, 2.45) is 0 Å². The first-order chi connectivity index (χ1) is 14.2. The number of unbranched alkanes of at least 4 members (excludes halogenated alkanes) is 10. The number of carboxylic acid groups (broad SMARTS) is 1. The van der Waals surface area contributed by atoms with Gasteiger partial charge in [-0.05, 0) is 31.2 Å². The van der Waals surface area contributed by atoms with Crippen LogP contribution in [0.2, 0.25) is 0 Å². The summed E-state index contributed by atoms with van der Waals surface area (Å²) in [5, 5.41) is 18.7. The number of aliphatic carboxylic acids is 1. The molecule has 4 nitrogen and oxygen atoms in total. The van der Waals surface area contributed by atoms with Gasteiger partial charge in [-0.2, -0.15) is 0 Å². The predicted octanol–water partition coefficient (Wildman–Crippen LogP) is 6.50. The summed E-state index contributed by atoms with van der Waals surface area (Å²) in [5.74, 6) is -0.681. The highest BCUT2D eigenvalue weighted by Gasteiger charge is 2.04. The zero-order valence-electron chi connectivity index (χ0n) is 18.2. The quantitative estimate of drug-likeness (QED) is 0.243. The monoisotopic (exact) mass is 406 g/mol. The largest absolute Gasteiger partial charge is 0.481 e. The number of benzene rings is 1. The highest BCUT2D eigenvalue weighted by atomic mass is 16.5. The molecule has 1 atom stereocenters. The Kier molecular flexibility index (Phi) is 16.5. The van der Waals surface area contributed by atoms with Crippen molar-refractivity contribution in [1.82, 2.24) is 0 Å². The molecule has 0 heterocycles. The zero-order valence-corrected chi connectivity index (χ0v) is 18.2. The molecule has 1 aromatic carbocycles. The fourth-order valence-corrected chi connectivity index (χ4v) is 3.56. The fourth-order valence-electron chi connectivity index (χ4n) is 3.56. The highest BCUT2D eigenvalue weighted by Crippen LogP contribution is 2.14. The van der Waals surface area contributed by atoms with Crippen LogP contribution in [-0.2, 0) is 16.1 Å². The predicted molar refractivity (Wildman–Crippen MR) is 119 cm³/mol. The Bertz CT molecular complexity index is 489. The van der Waals surface area contributed by atoms with Crippen molar-refractivity contribution in [1.29, 1.82) is 0 Å². The van der Waals surface area contributed by atoms with E-state index >= 15 is 0 Å². The first-order valence-electron chi connectivity index (χ1n) is 11.7. The standard InChI is InChI=1S/C25H42O4/c26-24(18-12-6-4-2-1-3-5-7-14-20-25(27)28)19-13-9-15-21-29-22-23-16-10-8-11-17-23/h8,10-11,16-17,24,26H,1-7,9,12-15,18-22H2,(H,27,28). The van der Waals surface area contributed by atoms with Crippen molar-refractivity contribution in [3.8, 4) is 0 Å². The van der Waals surface area contributed by atoms with Crippen LogP contribution in [0.3, 0.4) is 0 Å². The summed E-state index contributed by atoms with van der Waals surface area (Å²) in [6, 6.07) is 10.3. The van der Waals surface area contributed by atoms with Crippen molar-refractivity contribution in [2.75, 3.05) is 6.61 Å². The average molecular weight is 407 g/mol. The lowest BCUT2D eigenvalue weighted by Crippen LogP contribution is -2.06. The molecule has 0 fully saturated rings. The number of aliphatic hydroxyl groups is 1. The van der Waals surface area contributed by atoms with E-state index in [-0.39, 0.29) is 6.10 Å². The van der Waals surface area contributed by atoms with Gasteiger partial charge in [0.2, 0.25) is 0 Å². The maximum atomic E-state index is 10.4. The fraction of sp³-hybridized carbons (Fsp3) is 0.720. The first-order valence-corrected chi connectivity index (χ1v) is 11.7. The van der Waals surface area contributed by atoms with Gasteiger partial charge < -0.3 is 14.9 Å². The number of ether oxygens (including phenoxy) is 1. The molecule has 2 N–H and O–H groups in total. The summed E-state index contributed by atoms with van der Waals surface area (Å²) in [7, 11) is 0. The van der Waals surface area contributed by atoms with Gasteiger partial charge in [-0.25, -0.2) is 0 Å². The van der Waals surface area contributed by atoms with Crippen LogP contribution in [0.5, 0.6) is 0 Å². The molecule has 1 rings (SSSR count). The number of aliphatic hydroxyl groups excluding tert-OH is 1. The second-order valence-electron chi connectivity index (χ2n) is 8.16. The summed E-state index contributed by atoms with van der Waals surface area (Å²) in [4.78, 5) is 10.4. The minimum Gasteiger partial charge on any atom is -0.481 e. The molecule has 0 radical (unpaired) electrons. The third kappa shape index (κ3) is 17.2. The van der Waals surface area contributed by atoms with Gasteiger partial charge >= 0.3 is 5.97 Å². The second kappa shape index (κ2) is 18.6. The van der Waals surface area contributed by atoms with Crippen molar-refractivity contribution in [2.45, 2.75) is 109 Å². The van der Waals surface area contributed by atoms with Gasteiger partial charge in [-0.1, -0.05) is 94.5 Å². The van der Waals surface area contributed by atoms with Crippen molar-refractivity contribution in [3.63, 3.8) is 0 Å². The molecule has 0 spiro atoms. The molecule has 1 aromatic rings. The van der Waals surface area contributed by atoms with E-state index in [1.54, 1.807) is 0 Å². The van der Waals surface area contributed by atoms with Gasteiger partial charge in [0, 0.05) is 13.0 Å². The van der Waals surface area contributed by atoms with Crippen LogP contribution in [-0.4, -0.2) is 28.9 Å². The van der Waals surface area contributed by atoms with Crippen molar-refractivity contribution >= 4 is 5.97 Å². The number of carbonyl (C=O) groups is 1. The average Bonchev–Trinajstić information content (AvgIpc) is 2.72. The molecule has 29 heavy (non-hydrogen) atoms. The minimum atomic E-state index is -0.681. The van der Waals surface area contributed by atoms with Crippen LogP contribution in [0.15, 0.2) is 30.3 Å². The molecule has 0 saturated heterocycles. The molecule has 0 aliphatic rings. The van der Waals surface area contributed by atoms with E-state index < -0.39 is 5.97 Å². The molecular formula is C25H42O4. The summed E-state index contributed by atoms with van der Waals surface area (Å²) >= 11 is 0. The molecule has 0 aliphatic heterocycles. The number of hydrogen-bond acceptors (Lipinski definition) is 3. The van der Waals surface area contributed by atoms with Gasteiger partial charge in [0.15, 0.2) is 0 Å². The molecule has 166 valence electrons. The lowest BCUT2D eigenvalue weighted by molar-refractivity contribution is -0.137. The lowest BCUT2D eigenvalue weighted by Gasteiger charge is -2.10. The van der Waals surface area contributed by atoms with Crippen LogP contribution in [0, 0.1) is 0 Å². The Morgan fingerprint density at radius 1 is 0.759 bits per heavy atom. The SMILES string of the molecule is O=C(O)CCCCCCCCCCCC(O)CCCCCOCc1ccccc1. The van der Waals surface area contributed by atoms with Crippen LogP contribution in [0.1, 0.15) is 102 Å². The summed E-state index contributed by atoms with van der Waals surface area (Å²) in [6.45, 7) is 1.48. The lowest BCUT2D eigenvalue weighted by atomic mass is 10.0. The van der Waals surface area contributed by atoms with E-state index in [4.69, 9.17) is 9.84 Å². The Labute approximate surface area is 177 Å². The maximum absolute atomic E-state index is 10.4. The Morgan fingerprint density at radius 3 is 1.86 bits per heavy atom. The van der Waals surface area contributed by atoms with Crippen LogP contribution in [0.25, 0.3) is 0 Å². The molecule has 0 amide bonds. The maximum Gasteiger partial charge on any atom is 0.303 e. The highest BCUT2D eigenvalue weighted by molar-refractivity contribution is 5.66. The van der Waals surface area contributed by atoms with Crippen LogP contribution < -0.4 is 0 Å². The normalized spacial score (nSPS) is 12.2. The van der Waals surface area contributed by atoms with E-state index in [9.17, 15) is 9.90 Å². The van der Waals surface area contributed by atoms with Crippen molar-refractivity contribution in [3.05, 3.63) is 35.9 Å². The van der Waals surface area contributed by atoms with Gasteiger partial charge in [-0.15, -0.1) is 0 Å². The summed E-state index contributed by atoms with van der Waals surface area (Å²) in [6.07, 6.45) is 15.6. The van der Waals surface area contributed by atoms with Gasteiger partial charge in [0.1, 0.15) is 0 Å². The van der Waals surface area contributed by atoms with E-state index in [1.165, 1.54) is 37.7 Å². The number of hydrogen-bond donors (Lipinski definition) is 2. The second-order valence-corrected chi connectivity index (χ2v) is 8.16. The van der Waals surface area contributed by atoms with Gasteiger partial charge in [0.25, 0.3) is 0 Å². The Morgan fingerprint density at radius 2 is 1.28 bits per heavy atom. The Hall–Kier alpha value is -1.39. The molecule has 1 unspecified atom stereocenters. The summed E-state index contributed by atoms with van der Waals surface area (Å²) < 4.78 is 5.69. The van der Waals surface area contributed by atoms with E-state index in [1.807, 2.05) is 18.2 Å². The van der Waals surface area contributed by atoms with Gasteiger partial charge in [-0.3, -0.25) is 4.79 Å². The van der Waals surface area contributed by atoms with E-state index in [0.29, 0.717) is 13.0 Å². The number of carboxylic acids is 1. The molecule has 0 aliphatic carbocycles. The van der Waals surface area contributed by atoms with Crippen molar-refractivity contribution < 1.29 is 19.7 Å². The van der Waals surface area contributed by atoms with Crippen LogP contribution >= 0.6 is 0 Å². The van der Waals surface area contributed by atoms with E-state index in [0.717, 1.165) is 64.4 Å². The molecule has 0 bridgehead atoms. The van der Waals surface area contributed by atoms with Gasteiger partial charge in [0.05, 0.1) is 12.7 Å². The third-order valence-electron chi connectivity index (χ3n) is 5.37. The topological polar surface area (TPSA) is 66.8 Å². The molecular weight excluding hydrogens is 364 g/mol. The minimum absolute atomic E-state index is 0.144. The Balaban J connectivity index is 1.77. The molecule has 0 aromatic heterocycles. The zero-order chi connectivity index (χ0) is 21.0. The molecule has 0 saturated carbocycles. The third-order valence-corrected chi connectivity index (χ3v) is 5.37. The smallest absolute Gasteiger partial charge is 0.303 e. The summed E-state index contributed by atoms with van der Waals surface area (Å²) in [5.41, 5.74) is 1.22. The first kappa shape index (κ1) is 25.6. The van der Waals surface area contributed by atoms with E-state index in [2.05, 4.69) is 12.1 Å². The number of rotatable bonds is 20.